The first-order chi connectivity index (χ1) is 13.4. The van der Waals surface area contributed by atoms with Gasteiger partial charge in [0.25, 0.3) is 0 Å². The highest BCUT2D eigenvalue weighted by molar-refractivity contribution is 5.98. The Morgan fingerprint density at radius 3 is 2.61 bits per heavy atom. The van der Waals surface area contributed by atoms with Gasteiger partial charge in [0.1, 0.15) is 23.6 Å². The highest BCUT2D eigenvalue weighted by Gasteiger charge is 2.23. The van der Waals surface area contributed by atoms with E-state index in [9.17, 15) is 9.59 Å². The molecule has 0 radical (unpaired) electrons. The quantitative estimate of drug-likeness (QED) is 0.707. The number of hydrogen-bond donors (Lipinski definition) is 2. The molecule has 0 unspecified atom stereocenters. The van der Waals surface area contributed by atoms with Crippen molar-refractivity contribution in [2.75, 3.05) is 17.2 Å². The third-order valence-electron chi connectivity index (χ3n) is 4.62. The number of nitrogens with one attached hydrogen (secondary N) is 2. The van der Waals surface area contributed by atoms with E-state index in [2.05, 4.69) is 10.6 Å². The third-order valence-corrected chi connectivity index (χ3v) is 4.62. The Morgan fingerprint density at radius 2 is 1.96 bits per heavy atom. The van der Waals surface area contributed by atoms with Crippen molar-refractivity contribution in [3.8, 4) is 11.5 Å². The summed E-state index contributed by atoms with van der Waals surface area (Å²) in [5.74, 6) is 1.34. The van der Waals surface area contributed by atoms with Crippen LogP contribution in [0.3, 0.4) is 0 Å². The monoisotopic (exact) mass is 382 g/mol. The number of rotatable bonds is 7. The van der Waals surface area contributed by atoms with E-state index in [1.807, 2.05) is 26.0 Å². The van der Waals surface area contributed by atoms with Crippen LogP contribution in [-0.2, 0) is 11.2 Å². The number of Topliss-reactive ketones (excluding diaryl/α,β-unsaturated/α-hetero) is 1. The molecule has 2 atom stereocenters. The first-order valence-corrected chi connectivity index (χ1v) is 9.52. The lowest BCUT2D eigenvalue weighted by atomic mass is 10.1. The minimum absolute atomic E-state index is 0.00971. The Balaban J connectivity index is 1.71. The molecule has 0 spiro atoms. The van der Waals surface area contributed by atoms with Crippen molar-refractivity contribution in [1.82, 2.24) is 0 Å². The molecule has 0 bridgehead atoms. The number of carbonyl (C=O) groups is 2. The van der Waals surface area contributed by atoms with E-state index in [1.165, 1.54) is 6.92 Å². The maximum Gasteiger partial charge on any atom is 0.246 e. The molecular formula is C22H26N2O4. The maximum absolute atomic E-state index is 12.6. The van der Waals surface area contributed by atoms with Crippen LogP contribution in [0.1, 0.15) is 43.6 Å². The van der Waals surface area contributed by atoms with Crippen LogP contribution in [0.5, 0.6) is 11.5 Å². The van der Waals surface area contributed by atoms with E-state index in [0.717, 1.165) is 23.4 Å². The summed E-state index contributed by atoms with van der Waals surface area (Å²) in [4.78, 5) is 23.9. The highest BCUT2D eigenvalue weighted by atomic mass is 16.5. The molecule has 6 heteroatoms. The number of carbonyl (C=O) groups excluding carboxylic acids is 2. The highest BCUT2D eigenvalue weighted by Crippen LogP contribution is 2.38. The van der Waals surface area contributed by atoms with Gasteiger partial charge in [-0.2, -0.15) is 0 Å². The lowest BCUT2D eigenvalue weighted by Gasteiger charge is -2.19. The number of hydrogen-bond acceptors (Lipinski definition) is 5. The maximum atomic E-state index is 12.6. The summed E-state index contributed by atoms with van der Waals surface area (Å²) < 4.78 is 11.6. The van der Waals surface area contributed by atoms with E-state index >= 15 is 0 Å². The predicted molar refractivity (Wildman–Crippen MR) is 110 cm³/mol. The molecule has 3 rings (SSSR count). The zero-order valence-electron chi connectivity index (χ0n) is 16.7. The van der Waals surface area contributed by atoms with E-state index in [0.29, 0.717) is 23.6 Å². The number of benzene rings is 2. The van der Waals surface area contributed by atoms with Crippen LogP contribution in [0.2, 0.25) is 0 Å². The number of fused-ring (bicyclic) bond motifs is 1. The van der Waals surface area contributed by atoms with Crippen molar-refractivity contribution >= 4 is 23.1 Å². The Hall–Kier alpha value is -3.02. The second kappa shape index (κ2) is 8.33. The SMILES string of the molecule is CCOc1cc2c(cc1N[C@H](C)C(=O)Nc1ccc(C(C)=O)cc1)O[C@H](C)C2. The first kappa shape index (κ1) is 19.7. The average Bonchev–Trinajstić information content (AvgIpc) is 3.01. The lowest BCUT2D eigenvalue weighted by molar-refractivity contribution is -0.116. The van der Waals surface area contributed by atoms with Crippen molar-refractivity contribution in [2.45, 2.75) is 46.3 Å². The second-order valence-electron chi connectivity index (χ2n) is 7.01. The van der Waals surface area contributed by atoms with Gasteiger partial charge in [0.15, 0.2) is 5.78 Å². The Morgan fingerprint density at radius 1 is 1.25 bits per heavy atom. The summed E-state index contributed by atoms with van der Waals surface area (Å²) in [6.45, 7) is 7.78. The van der Waals surface area contributed by atoms with Crippen LogP contribution in [0.4, 0.5) is 11.4 Å². The van der Waals surface area contributed by atoms with Crippen LogP contribution in [0.25, 0.3) is 0 Å². The van der Waals surface area contributed by atoms with Crippen molar-refractivity contribution in [3.05, 3.63) is 47.5 Å². The molecular weight excluding hydrogens is 356 g/mol. The summed E-state index contributed by atoms with van der Waals surface area (Å²) in [5, 5.41) is 6.07. The number of amides is 1. The topological polar surface area (TPSA) is 76.7 Å². The minimum atomic E-state index is -0.497. The zero-order valence-corrected chi connectivity index (χ0v) is 16.7. The van der Waals surface area contributed by atoms with Crippen LogP contribution < -0.4 is 20.1 Å². The normalized spacial score (nSPS) is 15.9. The van der Waals surface area contributed by atoms with Crippen LogP contribution in [0, 0.1) is 0 Å². The molecule has 6 nitrogen and oxygen atoms in total. The van der Waals surface area contributed by atoms with Gasteiger partial charge < -0.3 is 20.1 Å². The minimum Gasteiger partial charge on any atom is -0.492 e. The lowest BCUT2D eigenvalue weighted by Crippen LogP contribution is -2.32. The molecule has 28 heavy (non-hydrogen) atoms. The van der Waals surface area contributed by atoms with Crippen LogP contribution >= 0.6 is 0 Å². The second-order valence-corrected chi connectivity index (χ2v) is 7.01. The van der Waals surface area contributed by atoms with E-state index < -0.39 is 6.04 Å². The van der Waals surface area contributed by atoms with Gasteiger partial charge in [-0.25, -0.2) is 0 Å². The van der Waals surface area contributed by atoms with E-state index in [4.69, 9.17) is 9.47 Å². The van der Waals surface area contributed by atoms with Gasteiger partial charge in [0.2, 0.25) is 5.91 Å². The first-order valence-electron chi connectivity index (χ1n) is 9.52. The summed E-state index contributed by atoms with van der Waals surface area (Å²) >= 11 is 0. The molecule has 1 aliphatic heterocycles. The van der Waals surface area contributed by atoms with Crippen molar-refractivity contribution < 1.29 is 19.1 Å². The number of ketones is 1. The summed E-state index contributed by atoms with van der Waals surface area (Å²) in [6, 6.07) is 10.2. The van der Waals surface area contributed by atoms with Crippen LogP contribution in [0.15, 0.2) is 36.4 Å². The molecule has 0 fully saturated rings. The molecule has 148 valence electrons. The van der Waals surface area contributed by atoms with Gasteiger partial charge in [-0.05, 0) is 58.0 Å². The van der Waals surface area contributed by atoms with Gasteiger partial charge in [-0.1, -0.05) is 0 Å². The predicted octanol–water partition coefficient (Wildman–Crippen LogP) is 4.05. The smallest absolute Gasteiger partial charge is 0.246 e. The molecule has 0 aromatic heterocycles. The summed E-state index contributed by atoms with van der Waals surface area (Å²) in [7, 11) is 0. The Bertz CT molecular complexity index is 877. The Labute approximate surface area is 165 Å². The third kappa shape index (κ3) is 4.44. The molecule has 1 amide bonds. The van der Waals surface area contributed by atoms with Gasteiger partial charge >= 0.3 is 0 Å². The Kier molecular flexibility index (Phi) is 5.87. The number of anilines is 2. The van der Waals surface area contributed by atoms with Crippen LogP contribution in [-0.4, -0.2) is 30.4 Å². The van der Waals surface area contributed by atoms with Crippen molar-refractivity contribution in [1.29, 1.82) is 0 Å². The molecule has 2 aromatic rings. The van der Waals surface area contributed by atoms with Gasteiger partial charge in [-0.3, -0.25) is 9.59 Å². The summed E-state index contributed by atoms with van der Waals surface area (Å²) in [5.41, 5.74) is 3.09. The molecule has 0 saturated heterocycles. The van der Waals surface area contributed by atoms with E-state index in [-0.39, 0.29) is 17.8 Å². The van der Waals surface area contributed by atoms with Gasteiger partial charge in [-0.15, -0.1) is 0 Å². The van der Waals surface area contributed by atoms with Crippen molar-refractivity contribution in [3.63, 3.8) is 0 Å². The molecule has 0 aliphatic carbocycles. The fourth-order valence-electron chi connectivity index (χ4n) is 3.16. The molecule has 1 aliphatic rings. The zero-order chi connectivity index (χ0) is 20.3. The standard InChI is InChI=1S/C22H26N2O4/c1-5-27-21-11-17-10-13(2)28-20(17)12-19(21)23-14(3)22(26)24-18-8-6-16(7-9-18)15(4)25/h6-9,11-14,23H,5,10H2,1-4H3,(H,24,26)/t13-,14-/m1/s1. The molecule has 1 heterocycles. The fraction of sp³-hybridized carbons (Fsp3) is 0.364. The molecule has 2 N–H and O–H groups in total. The largest absolute Gasteiger partial charge is 0.492 e. The van der Waals surface area contributed by atoms with Gasteiger partial charge in [0.05, 0.1) is 12.3 Å². The van der Waals surface area contributed by atoms with Crippen molar-refractivity contribution in [2.24, 2.45) is 0 Å². The average molecular weight is 382 g/mol. The summed E-state index contributed by atoms with van der Waals surface area (Å²) in [6.07, 6.45) is 0.987. The molecule has 0 saturated carbocycles. The fourth-order valence-corrected chi connectivity index (χ4v) is 3.16. The molecule has 2 aromatic carbocycles. The van der Waals surface area contributed by atoms with E-state index in [1.54, 1.807) is 31.2 Å². The van der Waals surface area contributed by atoms with Gasteiger partial charge in [0, 0.05) is 29.3 Å². The number of ether oxygens (including phenoxy) is 2.